The molecule has 0 radical (unpaired) electrons. The third-order valence-electron chi connectivity index (χ3n) is 15.3. The molecule has 4 aliphatic rings. The molecule has 2 aliphatic carbocycles. The molecule has 2 aromatic heterocycles. The zero-order valence-electron chi connectivity index (χ0n) is 45.0. The highest BCUT2D eigenvalue weighted by Crippen LogP contribution is 2.50. The van der Waals surface area contributed by atoms with Crippen LogP contribution in [0.3, 0.4) is 0 Å². The summed E-state index contributed by atoms with van der Waals surface area (Å²) in [7, 11) is 0. The molecular weight excluding hydrogens is 1030 g/mol. The van der Waals surface area contributed by atoms with Crippen molar-refractivity contribution in [2.75, 3.05) is 13.1 Å². The number of aliphatic hydroxyl groups excluding tert-OH is 2. The largest absolute Gasteiger partial charge is 0.471 e. The maximum atomic E-state index is 14.9. The van der Waals surface area contributed by atoms with E-state index in [1.54, 1.807) is 12.4 Å². The Morgan fingerprint density at radius 1 is 0.603 bits per heavy atom. The first kappa shape index (κ1) is 58.7. The van der Waals surface area contributed by atoms with Crippen LogP contribution in [-0.4, -0.2) is 80.6 Å². The number of aliphatic hydroxyl groups is 2. The number of alkyl halides is 6. The van der Waals surface area contributed by atoms with Crippen LogP contribution in [0.2, 0.25) is 0 Å². The first-order valence-corrected chi connectivity index (χ1v) is 26.9. The highest BCUT2D eigenvalue weighted by molar-refractivity contribution is 5.84. The third-order valence-corrected chi connectivity index (χ3v) is 15.3. The molecule has 2 amide bonds. The van der Waals surface area contributed by atoms with Gasteiger partial charge >= 0.3 is 12.4 Å². The first-order valence-electron chi connectivity index (χ1n) is 26.9. The van der Waals surface area contributed by atoms with Gasteiger partial charge in [-0.2, -0.15) is 26.3 Å². The van der Waals surface area contributed by atoms with E-state index >= 15 is 0 Å². The summed E-state index contributed by atoms with van der Waals surface area (Å²) in [6.07, 6.45) is -3.06. The standard InChI is InChI=1S/C58H72F8N6O6/c1-53(2,3)25-35-19-37-45(27-55(15-7-16-55)77-51(37)69-29-35)67-31-47(73)43(23-33-9-11-39(41(59)21-33)57(61,62)63)71-49(75)13-14-50(76)72-44(24-34-10-12-40(42(60)22-34)58(64,65)66)48(74)32-68-46-28-56(17-8-18-56)78-52-38(46)20-36(30-70-52)26-54(4,5)6/h9-12,19-22,29-30,43-48,67-68,73-74H,7-8,13-18,23-28,31-32H2,1-6H3,(H,71,75)(H,72,76)/t43-,44+,45-,46-,47-,48+/m0/s1. The third kappa shape index (κ3) is 14.9. The maximum Gasteiger partial charge on any atom is 0.419 e. The lowest BCUT2D eigenvalue weighted by atomic mass is 9.73. The summed E-state index contributed by atoms with van der Waals surface area (Å²) >= 11 is 0. The summed E-state index contributed by atoms with van der Waals surface area (Å²) in [6, 6.07) is 5.64. The lowest BCUT2D eigenvalue weighted by Gasteiger charge is -2.47. The minimum atomic E-state index is -4.97. The number of rotatable bonds is 19. The minimum absolute atomic E-state index is 0.0438. The second-order valence-electron chi connectivity index (χ2n) is 24.6. The molecule has 2 spiro atoms. The zero-order chi connectivity index (χ0) is 56.6. The van der Waals surface area contributed by atoms with Crippen LogP contribution in [-0.2, 0) is 47.6 Å². The number of pyridine rings is 2. The number of hydrogen-bond donors (Lipinski definition) is 6. The summed E-state index contributed by atoms with van der Waals surface area (Å²) in [5.41, 5.74) is -0.335. The smallest absolute Gasteiger partial charge is 0.419 e. The molecule has 2 fully saturated rings. The van der Waals surface area contributed by atoms with Crippen molar-refractivity contribution < 1.29 is 64.4 Å². The van der Waals surface area contributed by atoms with Crippen LogP contribution in [0.25, 0.3) is 0 Å². The predicted octanol–water partition coefficient (Wildman–Crippen LogP) is 10.3. The number of aromatic nitrogens is 2. The normalized spacial score (nSPS) is 20.2. The van der Waals surface area contributed by atoms with Crippen LogP contribution in [0, 0.1) is 22.5 Å². The Morgan fingerprint density at radius 3 is 1.28 bits per heavy atom. The van der Waals surface area contributed by atoms with Gasteiger partial charge in [0.05, 0.1) is 35.4 Å². The van der Waals surface area contributed by atoms with Crippen LogP contribution < -0.4 is 30.7 Å². The second-order valence-corrected chi connectivity index (χ2v) is 24.6. The van der Waals surface area contributed by atoms with Crippen LogP contribution in [0.15, 0.2) is 60.9 Å². The molecule has 2 aliphatic heterocycles. The Morgan fingerprint density at radius 2 is 0.974 bits per heavy atom. The molecule has 2 aromatic carbocycles. The number of nitrogens with zero attached hydrogens (tertiary/aromatic N) is 2. The van der Waals surface area contributed by atoms with Gasteiger partial charge in [0.15, 0.2) is 0 Å². The summed E-state index contributed by atoms with van der Waals surface area (Å²) in [4.78, 5) is 36.9. The quantitative estimate of drug-likeness (QED) is 0.0498. The molecule has 6 atom stereocenters. The highest BCUT2D eigenvalue weighted by Gasteiger charge is 2.48. The molecule has 426 valence electrons. The average Bonchev–Trinajstić information content (AvgIpc) is 3.35. The van der Waals surface area contributed by atoms with E-state index in [9.17, 15) is 54.9 Å². The number of amides is 2. The van der Waals surface area contributed by atoms with Gasteiger partial charge in [-0.25, -0.2) is 18.7 Å². The van der Waals surface area contributed by atoms with Gasteiger partial charge in [0.1, 0.15) is 22.8 Å². The van der Waals surface area contributed by atoms with Gasteiger partial charge in [-0.15, -0.1) is 0 Å². The van der Waals surface area contributed by atoms with Crippen molar-refractivity contribution in [1.29, 1.82) is 0 Å². The monoisotopic (exact) mass is 1100 g/mol. The topological polar surface area (TPSA) is 167 Å². The van der Waals surface area contributed by atoms with Gasteiger partial charge < -0.3 is 41.0 Å². The van der Waals surface area contributed by atoms with Crippen molar-refractivity contribution in [3.8, 4) is 11.8 Å². The Labute approximate surface area is 450 Å². The Balaban J connectivity index is 0.972. The molecule has 4 aromatic rings. The molecule has 0 unspecified atom stereocenters. The van der Waals surface area contributed by atoms with Crippen molar-refractivity contribution in [2.24, 2.45) is 10.8 Å². The van der Waals surface area contributed by atoms with Crippen molar-refractivity contribution in [1.82, 2.24) is 31.2 Å². The molecule has 12 nitrogen and oxygen atoms in total. The van der Waals surface area contributed by atoms with E-state index in [0.717, 1.165) is 85.8 Å². The molecule has 6 N–H and O–H groups in total. The highest BCUT2D eigenvalue weighted by atomic mass is 19.4. The van der Waals surface area contributed by atoms with E-state index in [-0.39, 0.29) is 60.0 Å². The molecule has 0 bridgehead atoms. The second kappa shape index (κ2) is 23.0. The summed E-state index contributed by atoms with van der Waals surface area (Å²) in [6.45, 7) is 12.4. The number of benzene rings is 2. The van der Waals surface area contributed by atoms with Gasteiger partial charge in [-0.3, -0.25) is 9.59 Å². The van der Waals surface area contributed by atoms with Gasteiger partial charge in [-0.05, 0) is 134 Å². The number of nitrogens with one attached hydrogen (secondary N) is 4. The van der Waals surface area contributed by atoms with Gasteiger partial charge in [-0.1, -0.05) is 53.7 Å². The van der Waals surface area contributed by atoms with Crippen molar-refractivity contribution in [3.63, 3.8) is 0 Å². The van der Waals surface area contributed by atoms with Crippen LogP contribution in [0.1, 0.15) is 162 Å². The number of fused-ring (bicyclic) bond motifs is 2. The van der Waals surface area contributed by atoms with E-state index in [1.165, 1.54) is 0 Å². The summed E-state index contributed by atoms with van der Waals surface area (Å²) in [5.74, 6) is -3.64. The van der Waals surface area contributed by atoms with Crippen molar-refractivity contribution in [3.05, 3.63) is 117 Å². The number of carbonyl (C=O) groups excluding carboxylic acids is 2. The Hall–Kier alpha value is -5.44. The summed E-state index contributed by atoms with van der Waals surface area (Å²) in [5, 5.41) is 35.9. The van der Waals surface area contributed by atoms with E-state index in [4.69, 9.17) is 9.47 Å². The number of hydrogen-bond acceptors (Lipinski definition) is 10. The number of halogens is 8. The molecular formula is C58H72F8N6O6. The molecule has 2 saturated carbocycles. The molecule has 4 heterocycles. The average molecular weight is 1100 g/mol. The fourth-order valence-corrected chi connectivity index (χ4v) is 11.2. The SMILES string of the molecule is CC(C)(C)Cc1cnc2c(c1)[C@@H](NC[C@@H](O)[C@@H](Cc1ccc(C(F)(F)F)c(F)c1)NC(=O)CCC(=O)N[C@@H](Cc1ccc(C(F)(F)F)c(F)c1)[C@@H](O)CN[C@H]1CC3(CCC3)Oc3ncc(CC(C)(C)C)cc31)CC1(CCC1)O2. The number of ether oxygens (including phenoxy) is 2. The van der Waals surface area contributed by atoms with E-state index < -0.39 is 95.3 Å². The van der Waals surface area contributed by atoms with E-state index in [1.807, 2.05) is 12.1 Å². The number of carbonyl (C=O) groups is 2. The molecule has 8 rings (SSSR count). The zero-order valence-corrected chi connectivity index (χ0v) is 45.0. The molecule has 78 heavy (non-hydrogen) atoms. The van der Waals surface area contributed by atoms with Gasteiger partial charge in [0.25, 0.3) is 0 Å². The Kier molecular flexibility index (Phi) is 17.3. The van der Waals surface area contributed by atoms with Crippen molar-refractivity contribution in [2.45, 2.75) is 191 Å². The van der Waals surface area contributed by atoms with E-state index in [2.05, 4.69) is 72.8 Å². The molecule has 20 heteroatoms. The van der Waals surface area contributed by atoms with Gasteiger partial charge in [0, 0.05) is 74.4 Å². The lowest BCUT2D eigenvalue weighted by molar-refractivity contribution is -0.140. The predicted molar refractivity (Wildman–Crippen MR) is 275 cm³/mol. The fraction of sp³-hybridized carbons (Fsp3) is 0.586. The minimum Gasteiger partial charge on any atom is -0.471 e. The lowest BCUT2D eigenvalue weighted by Crippen LogP contribution is -2.53. The van der Waals surface area contributed by atoms with Crippen LogP contribution in [0.4, 0.5) is 35.1 Å². The summed E-state index contributed by atoms with van der Waals surface area (Å²) < 4.78 is 124. The fourth-order valence-electron chi connectivity index (χ4n) is 11.2. The maximum absolute atomic E-state index is 14.9. The van der Waals surface area contributed by atoms with E-state index in [0.29, 0.717) is 48.9 Å². The van der Waals surface area contributed by atoms with Crippen LogP contribution in [0.5, 0.6) is 11.8 Å². The van der Waals surface area contributed by atoms with Gasteiger partial charge in [0.2, 0.25) is 23.6 Å². The Bertz CT molecular complexity index is 2600. The van der Waals surface area contributed by atoms with Crippen LogP contribution >= 0.6 is 0 Å². The van der Waals surface area contributed by atoms with Crippen molar-refractivity contribution >= 4 is 11.8 Å². The first-order chi connectivity index (χ1) is 36.4. The molecule has 0 saturated heterocycles.